The second kappa shape index (κ2) is 6.02. The zero-order chi connectivity index (χ0) is 15.5. The van der Waals surface area contributed by atoms with E-state index in [-0.39, 0.29) is 11.7 Å². The topological polar surface area (TPSA) is 52.9 Å². The highest BCUT2D eigenvalue weighted by Crippen LogP contribution is 2.31. The summed E-state index contributed by atoms with van der Waals surface area (Å²) in [6.45, 7) is 2.82. The van der Waals surface area contributed by atoms with Gasteiger partial charge in [-0.25, -0.2) is 4.99 Å². The van der Waals surface area contributed by atoms with Gasteiger partial charge >= 0.3 is 0 Å². The van der Waals surface area contributed by atoms with Gasteiger partial charge in [0.1, 0.15) is 11.5 Å². The van der Waals surface area contributed by atoms with Crippen molar-refractivity contribution < 1.29 is 9.90 Å². The predicted octanol–water partition coefficient (Wildman–Crippen LogP) is 3.66. The molecule has 0 saturated carbocycles. The molecule has 0 aromatic heterocycles. The Morgan fingerprint density at radius 2 is 1.82 bits per heavy atom. The number of fused-ring (bicyclic) bond motifs is 1. The number of phenols is 1. The minimum absolute atomic E-state index is 0.0530. The fraction of sp³-hybridized carbons (Fsp3) is 0.222. The number of aliphatic imine (C=N–C) groups is 1. The number of carbonyl (C=O) groups is 1. The van der Waals surface area contributed by atoms with Crippen molar-refractivity contribution >= 4 is 23.0 Å². The number of hydrogen-bond donors (Lipinski definition) is 1. The first-order valence-electron chi connectivity index (χ1n) is 7.49. The smallest absolute Gasteiger partial charge is 0.277 e. The van der Waals surface area contributed by atoms with Crippen molar-refractivity contribution in [3.63, 3.8) is 0 Å². The molecule has 1 amide bonds. The van der Waals surface area contributed by atoms with Gasteiger partial charge in [-0.1, -0.05) is 31.5 Å². The molecule has 3 rings (SSSR count). The lowest BCUT2D eigenvalue weighted by atomic mass is 10.1. The number of anilines is 1. The SMILES string of the molecule is CCCCN1C(=O)C(=Nc2ccc(O)cc2)c2ccccc21. The van der Waals surface area contributed by atoms with E-state index in [4.69, 9.17) is 0 Å². The predicted molar refractivity (Wildman–Crippen MR) is 88.0 cm³/mol. The van der Waals surface area contributed by atoms with Crippen LogP contribution in [0.25, 0.3) is 0 Å². The molecule has 0 bridgehead atoms. The zero-order valence-electron chi connectivity index (χ0n) is 12.5. The van der Waals surface area contributed by atoms with Crippen LogP contribution in [0.2, 0.25) is 0 Å². The van der Waals surface area contributed by atoms with Gasteiger partial charge in [-0.2, -0.15) is 0 Å². The van der Waals surface area contributed by atoms with Gasteiger partial charge in [-0.05, 0) is 36.8 Å². The number of hydrogen-bond acceptors (Lipinski definition) is 3. The second-order valence-electron chi connectivity index (χ2n) is 5.30. The zero-order valence-corrected chi connectivity index (χ0v) is 12.5. The Morgan fingerprint density at radius 3 is 2.55 bits per heavy atom. The molecule has 2 aromatic rings. The van der Waals surface area contributed by atoms with E-state index < -0.39 is 0 Å². The number of aromatic hydroxyl groups is 1. The van der Waals surface area contributed by atoms with Crippen LogP contribution in [0.15, 0.2) is 53.5 Å². The Balaban J connectivity index is 2.01. The number of rotatable bonds is 4. The van der Waals surface area contributed by atoms with Crippen LogP contribution in [0, 0.1) is 0 Å². The molecule has 1 heterocycles. The first-order valence-corrected chi connectivity index (χ1v) is 7.49. The molecule has 0 spiro atoms. The van der Waals surface area contributed by atoms with Gasteiger partial charge in [0.2, 0.25) is 0 Å². The molecule has 0 atom stereocenters. The number of amides is 1. The molecule has 1 aliphatic rings. The Hall–Kier alpha value is -2.62. The van der Waals surface area contributed by atoms with Crippen LogP contribution in [0.3, 0.4) is 0 Å². The molecule has 0 unspecified atom stereocenters. The Morgan fingerprint density at radius 1 is 1.09 bits per heavy atom. The maximum absolute atomic E-state index is 12.7. The minimum atomic E-state index is -0.0530. The lowest BCUT2D eigenvalue weighted by molar-refractivity contribution is -0.112. The minimum Gasteiger partial charge on any atom is -0.508 e. The summed E-state index contributed by atoms with van der Waals surface area (Å²) in [5.74, 6) is 0.134. The van der Waals surface area contributed by atoms with E-state index in [0.29, 0.717) is 17.9 Å². The van der Waals surface area contributed by atoms with Gasteiger partial charge in [0.05, 0.1) is 11.4 Å². The van der Waals surface area contributed by atoms with Gasteiger partial charge in [0.15, 0.2) is 0 Å². The number of para-hydroxylation sites is 1. The second-order valence-corrected chi connectivity index (χ2v) is 5.30. The summed E-state index contributed by atoms with van der Waals surface area (Å²) in [7, 11) is 0. The maximum atomic E-state index is 12.7. The van der Waals surface area contributed by atoms with Gasteiger partial charge in [-0.15, -0.1) is 0 Å². The van der Waals surface area contributed by atoms with Gasteiger partial charge in [0.25, 0.3) is 5.91 Å². The van der Waals surface area contributed by atoms with Crippen LogP contribution in [0.5, 0.6) is 5.75 Å². The van der Waals surface area contributed by atoms with E-state index in [1.165, 1.54) is 0 Å². The third kappa shape index (κ3) is 2.60. The molecule has 4 heteroatoms. The molecule has 0 fully saturated rings. The van der Waals surface area contributed by atoms with Crippen LogP contribution >= 0.6 is 0 Å². The van der Waals surface area contributed by atoms with Crippen LogP contribution in [0.1, 0.15) is 25.3 Å². The van der Waals surface area contributed by atoms with E-state index in [1.54, 1.807) is 29.2 Å². The molecular formula is C18H18N2O2. The summed E-state index contributed by atoms with van der Waals surface area (Å²) >= 11 is 0. The van der Waals surface area contributed by atoms with E-state index in [9.17, 15) is 9.90 Å². The van der Waals surface area contributed by atoms with Crippen LogP contribution in [-0.2, 0) is 4.79 Å². The molecule has 1 N–H and O–H groups in total. The van der Waals surface area contributed by atoms with E-state index in [0.717, 1.165) is 24.1 Å². The van der Waals surface area contributed by atoms with Gasteiger partial charge in [-0.3, -0.25) is 4.79 Å². The summed E-state index contributed by atoms with van der Waals surface area (Å²) in [6, 6.07) is 14.3. The van der Waals surface area contributed by atoms with E-state index >= 15 is 0 Å². The van der Waals surface area contributed by atoms with Gasteiger partial charge < -0.3 is 10.0 Å². The van der Waals surface area contributed by atoms with Crippen LogP contribution in [-0.4, -0.2) is 23.3 Å². The lowest BCUT2D eigenvalue weighted by Crippen LogP contribution is -2.30. The molecule has 4 nitrogen and oxygen atoms in total. The molecular weight excluding hydrogens is 276 g/mol. The first kappa shape index (κ1) is 14.3. The van der Waals surface area contributed by atoms with Crippen molar-refractivity contribution in [3.05, 3.63) is 54.1 Å². The molecule has 22 heavy (non-hydrogen) atoms. The number of benzene rings is 2. The highest BCUT2D eigenvalue weighted by atomic mass is 16.3. The fourth-order valence-electron chi connectivity index (χ4n) is 2.56. The first-order chi connectivity index (χ1) is 10.7. The monoisotopic (exact) mass is 294 g/mol. The Kier molecular flexibility index (Phi) is 3.92. The molecule has 0 radical (unpaired) electrons. The Bertz CT molecular complexity index is 720. The molecule has 112 valence electrons. The summed E-state index contributed by atoms with van der Waals surface area (Å²) in [6.07, 6.45) is 2.00. The number of unbranched alkanes of at least 4 members (excludes halogenated alkanes) is 1. The van der Waals surface area contributed by atoms with E-state index in [1.807, 2.05) is 24.3 Å². The van der Waals surface area contributed by atoms with Crippen molar-refractivity contribution in [1.29, 1.82) is 0 Å². The largest absolute Gasteiger partial charge is 0.508 e. The lowest BCUT2D eigenvalue weighted by Gasteiger charge is -2.15. The standard InChI is InChI=1S/C18H18N2O2/c1-2-3-12-20-16-7-5-4-6-15(16)17(18(20)22)19-13-8-10-14(21)11-9-13/h4-11,21H,2-3,12H2,1H3. The molecule has 1 aliphatic heterocycles. The van der Waals surface area contributed by atoms with Crippen molar-refractivity contribution in [2.75, 3.05) is 11.4 Å². The number of carbonyl (C=O) groups excluding carboxylic acids is 1. The van der Waals surface area contributed by atoms with E-state index in [2.05, 4.69) is 11.9 Å². The number of phenolic OH excluding ortho intramolecular Hbond substituents is 1. The van der Waals surface area contributed by atoms with Crippen molar-refractivity contribution in [1.82, 2.24) is 0 Å². The molecule has 0 saturated heterocycles. The highest BCUT2D eigenvalue weighted by molar-refractivity contribution is 6.54. The number of nitrogens with zero attached hydrogens (tertiary/aromatic N) is 2. The average molecular weight is 294 g/mol. The van der Waals surface area contributed by atoms with Crippen LogP contribution in [0.4, 0.5) is 11.4 Å². The van der Waals surface area contributed by atoms with Crippen molar-refractivity contribution in [2.45, 2.75) is 19.8 Å². The third-order valence-electron chi connectivity index (χ3n) is 3.72. The van der Waals surface area contributed by atoms with Crippen LogP contribution < -0.4 is 4.90 Å². The van der Waals surface area contributed by atoms with Crippen molar-refractivity contribution in [3.8, 4) is 5.75 Å². The summed E-state index contributed by atoms with van der Waals surface area (Å²) in [4.78, 5) is 19.0. The fourth-order valence-corrected chi connectivity index (χ4v) is 2.56. The maximum Gasteiger partial charge on any atom is 0.277 e. The quantitative estimate of drug-likeness (QED) is 0.935. The summed E-state index contributed by atoms with van der Waals surface area (Å²) < 4.78 is 0. The third-order valence-corrected chi connectivity index (χ3v) is 3.72. The summed E-state index contributed by atoms with van der Waals surface area (Å²) in [5, 5.41) is 9.34. The molecule has 0 aliphatic carbocycles. The Labute approximate surface area is 129 Å². The normalized spacial score (nSPS) is 15.4. The van der Waals surface area contributed by atoms with Crippen molar-refractivity contribution in [2.24, 2.45) is 4.99 Å². The highest BCUT2D eigenvalue weighted by Gasteiger charge is 2.33. The summed E-state index contributed by atoms with van der Waals surface area (Å²) in [5.41, 5.74) is 2.93. The van der Waals surface area contributed by atoms with Gasteiger partial charge in [0, 0.05) is 12.1 Å². The molecule has 2 aromatic carbocycles. The average Bonchev–Trinajstić information content (AvgIpc) is 2.80.